The third-order valence-corrected chi connectivity index (χ3v) is 15.9. The summed E-state index contributed by atoms with van der Waals surface area (Å²) >= 11 is 1.21. The fourth-order valence-electron chi connectivity index (χ4n) is 4.04. The number of hydrogen-bond acceptors (Lipinski definition) is 18. The van der Waals surface area contributed by atoms with Gasteiger partial charge in [0.1, 0.15) is 23.3 Å². The van der Waals surface area contributed by atoms with Crippen LogP contribution >= 0.6 is 27.4 Å². The largest absolute Gasteiger partial charge is 0.475 e. The van der Waals surface area contributed by atoms with E-state index in [1.165, 1.54) is 18.0 Å². The summed E-state index contributed by atoms with van der Waals surface area (Å²) in [5.41, 5.74) is -0.750. The molecule has 0 spiro atoms. The molecule has 0 aromatic carbocycles. The van der Waals surface area contributed by atoms with Gasteiger partial charge in [-0.3, -0.25) is 31.7 Å². The summed E-state index contributed by atoms with van der Waals surface area (Å²) in [6, 6.07) is 11.0. The normalized spacial score (nSPS) is 19.2. The summed E-state index contributed by atoms with van der Waals surface area (Å²) in [7, 11) is -11.9. The lowest BCUT2D eigenvalue weighted by atomic mass is 10.1. The quantitative estimate of drug-likeness (QED) is 0.0411. The molecule has 284 valence electrons. The Morgan fingerprint density at radius 2 is 1.33 bits per heavy atom. The number of aromatic nitrogens is 2. The Labute approximate surface area is 308 Å². The number of hydrogen-bond donors (Lipinski definition) is 0. The maximum Gasteiger partial charge on any atom is 0.475 e. The molecule has 0 bridgehead atoms. The zero-order valence-electron chi connectivity index (χ0n) is 29.7. The minimum absolute atomic E-state index is 0.158. The van der Waals surface area contributed by atoms with Crippen LogP contribution in [0, 0.1) is 56.7 Å². The van der Waals surface area contributed by atoms with Gasteiger partial charge in [0.05, 0.1) is 89.1 Å². The van der Waals surface area contributed by atoms with E-state index in [1.807, 2.05) is 64.2 Å². The number of rotatable bonds is 23. The number of nitriles is 5. The maximum atomic E-state index is 14.1. The van der Waals surface area contributed by atoms with Gasteiger partial charge in [0.2, 0.25) is 0 Å². The van der Waals surface area contributed by atoms with Crippen LogP contribution in [-0.2, 0) is 45.4 Å². The molecule has 18 nitrogen and oxygen atoms in total. The molecular formula is C30H43N7O11P2SSi. The molecule has 4 atom stereocenters. The Morgan fingerprint density at radius 1 is 0.827 bits per heavy atom. The second-order valence-corrected chi connectivity index (χ2v) is 21.5. The molecule has 2 heterocycles. The number of thioether (sulfide) groups is 1. The van der Waals surface area contributed by atoms with Crippen molar-refractivity contribution < 1.29 is 45.4 Å². The summed E-state index contributed by atoms with van der Waals surface area (Å²) in [6.45, 7) is 7.71. The second-order valence-electron chi connectivity index (χ2n) is 12.3. The predicted molar refractivity (Wildman–Crippen MR) is 186 cm³/mol. The van der Waals surface area contributed by atoms with Crippen LogP contribution in [0.15, 0.2) is 22.1 Å². The fourth-order valence-corrected chi connectivity index (χ4v) is 8.59. The van der Waals surface area contributed by atoms with Gasteiger partial charge >= 0.3 is 21.3 Å². The van der Waals surface area contributed by atoms with Crippen molar-refractivity contribution in [3.05, 3.63) is 22.7 Å². The lowest BCUT2D eigenvalue weighted by Crippen LogP contribution is -2.50. The smallest absolute Gasteiger partial charge is 0.407 e. The first-order valence-corrected chi connectivity index (χ1v) is 22.9. The highest BCUT2D eigenvalue weighted by atomic mass is 32.2. The van der Waals surface area contributed by atoms with E-state index in [-0.39, 0.29) is 58.5 Å². The number of nitrogens with zero attached hydrogens (tertiary/aromatic N) is 7. The summed E-state index contributed by atoms with van der Waals surface area (Å²) in [5.74, 6) is 0.402. The Morgan fingerprint density at radius 3 is 1.79 bits per heavy atom. The molecule has 1 saturated heterocycles. The third-order valence-electron chi connectivity index (χ3n) is 7.57. The van der Waals surface area contributed by atoms with Crippen LogP contribution in [-0.4, -0.2) is 75.0 Å². The number of phosphoric ester groups is 2. The van der Waals surface area contributed by atoms with Gasteiger partial charge in [0.25, 0.3) is 0 Å². The maximum absolute atomic E-state index is 14.1. The minimum atomic E-state index is -4.61. The van der Waals surface area contributed by atoms with E-state index in [9.17, 15) is 13.9 Å². The van der Waals surface area contributed by atoms with Gasteiger partial charge in [0, 0.05) is 18.4 Å². The molecule has 1 aromatic heterocycles. The van der Waals surface area contributed by atoms with Crippen LogP contribution in [0.5, 0.6) is 0 Å². The zero-order valence-corrected chi connectivity index (χ0v) is 33.3. The molecule has 0 amide bonds. The average molecular weight is 800 g/mol. The Kier molecular flexibility index (Phi) is 18.8. The van der Waals surface area contributed by atoms with E-state index in [4.69, 9.17) is 62.6 Å². The molecule has 0 N–H and O–H groups in total. The van der Waals surface area contributed by atoms with Crippen molar-refractivity contribution in [3.8, 4) is 30.3 Å². The lowest BCUT2D eigenvalue weighted by Gasteiger charge is -2.40. The van der Waals surface area contributed by atoms with Crippen molar-refractivity contribution in [2.24, 2.45) is 0 Å². The Hall–Kier alpha value is -2.96. The van der Waals surface area contributed by atoms with E-state index >= 15 is 0 Å². The number of phosphoric acid groups is 2. The molecule has 1 aliphatic heterocycles. The van der Waals surface area contributed by atoms with E-state index in [0.29, 0.717) is 10.8 Å². The Bertz CT molecular complexity index is 1650. The summed E-state index contributed by atoms with van der Waals surface area (Å²) in [5, 5.41) is 44.9. The van der Waals surface area contributed by atoms with Crippen molar-refractivity contribution in [2.45, 2.75) is 101 Å². The van der Waals surface area contributed by atoms with Crippen molar-refractivity contribution >= 4 is 35.7 Å². The monoisotopic (exact) mass is 799 g/mol. The standard InChI is InChI=1S/C30H43N7O11P2SSi/c1-30(2,3)52(4,5)48-27-26(47-50(40,43-20-8-14-33)44-21-9-15-34)24(23-45-49(39,41-18-6-12-31)42-19-7-13-32)46-28(27)37-17-11-25(36-29(37)38)51-22-10-16-35/h11,17,24,26-28H,6-10,18-23H2,1-5H3/t24-,26-,27-,28-/m1/s1. The molecule has 0 unspecified atom stereocenters. The van der Waals surface area contributed by atoms with Gasteiger partial charge in [0.15, 0.2) is 14.5 Å². The lowest BCUT2D eigenvalue weighted by molar-refractivity contribution is -0.0553. The van der Waals surface area contributed by atoms with Gasteiger partial charge in [-0.1, -0.05) is 20.8 Å². The first kappa shape index (κ1) is 45.2. The van der Waals surface area contributed by atoms with Gasteiger partial charge in [-0.25, -0.2) is 13.9 Å². The molecule has 2 rings (SSSR count). The Balaban J connectivity index is 2.70. The third kappa shape index (κ3) is 14.1. The molecule has 22 heteroatoms. The molecule has 1 aromatic rings. The van der Waals surface area contributed by atoms with Gasteiger partial charge in [-0.15, -0.1) is 11.8 Å². The summed E-state index contributed by atoms with van der Waals surface area (Å²) in [6.07, 6.45) is -4.37. The highest BCUT2D eigenvalue weighted by Crippen LogP contribution is 2.56. The van der Waals surface area contributed by atoms with Crippen LogP contribution in [0.4, 0.5) is 0 Å². The zero-order chi connectivity index (χ0) is 38.8. The molecule has 0 aliphatic carbocycles. The van der Waals surface area contributed by atoms with Crippen LogP contribution in [0.1, 0.15) is 59.1 Å². The SMILES string of the molecule is CC(C)(C)[Si](C)(C)O[C@@H]1[C@H](OP(=O)(OCCC#N)OCCC#N)[C@@H](COP(=O)(OCCC#N)OCCC#N)O[C@H]1n1ccc(SCCC#N)nc1=O. The topological polar surface area (TPSA) is 262 Å². The van der Waals surface area contributed by atoms with Crippen LogP contribution in [0.25, 0.3) is 0 Å². The van der Waals surface area contributed by atoms with E-state index in [0.717, 1.165) is 4.57 Å². The molecular weight excluding hydrogens is 756 g/mol. The van der Waals surface area contributed by atoms with Crippen molar-refractivity contribution in [1.82, 2.24) is 9.55 Å². The van der Waals surface area contributed by atoms with Crippen LogP contribution < -0.4 is 5.69 Å². The fraction of sp³-hybridized carbons (Fsp3) is 0.700. The van der Waals surface area contributed by atoms with Crippen LogP contribution in [0.3, 0.4) is 0 Å². The summed E-state index contributed by atoms with van der Waals surface area (Å²) in [4.78, 5) is 17.6. The summed E-state index contributed by atoms with van der Waals surface area (Å²) < 4.78 is 75.1. The first-order chi connectivity index (χ1) is 24.6. The van der Waals surface area contributed by atoms with E-state index < -0.39 is 65.8 Å². The first-order valence-electron chi connectivity index (χ1n) is 16.1. The predicted octanol–water partition coefficient (Wildman–Crippen LogP) is 5.88. The average Bonchev–Trinajstić information content (AvgIpc) is 3.39. The number of ether oxygens (including phenoxy) is 1. The molecule has 52 heavy (non-hydrogen) atoms. The second kappa shape index (κ2) is 21.7. The van der Waals surface area contributed by atoms with Crippen LogP contribution in [0.2, 0.25) is 18.1 Å². The molecule has 0 saturated carbocycles. The highest BCUT2D eigenvalue weighted by Gasteiger charge is 2.55. The van der Waals surface area contributed by atoms with Gasteiger partial charge in [-0.2, -0.15) is 31.3 Å². The van der Waals surface area contributed by atoms with Crippen molar-refractivity contribution in [2.75, 3.05) is 38.8 Å². The van der Waals surface area contributed by atoms with Gasteiger partial charge < -0.3 is 9.16 Å². The molecule has 1 fully saturated rings. The molecule has 1 aliphatic rings. The van der Waals surface area contributed by atoms with Crippen molar-refractivity contribution in [3.63, 3.8) is 0 Å². The van der Waals surface area contributed by atoms with E-state index in [1.54, 1.807) is 6.07 Å². The highest BCUT2D eigenvalue weighted by molar-refractivity contribution is 7.99. The van der Waals surface area contributed by atoms with E-state index in [2.05, 4.69) is 4.98 Å². The minimum Gasteiger partial charge on any atom is -0.407 e. The molecule has 0 radical (unpaired) electrons. The van der Waals surface area contributed by atoms with Gasteiger partial charge in [-0.05, 0) is 24.2 Å². The van der Waals surface area contributed by atoms with Crippen molar-refractivity contribution in [1.29, 1.82) is 26.3 Å².